The Balaban J connectivity index is 1.67. The van der Waals surface area contributed by atoms with Crippen molar-refractivity contribution in [1.82, 2.24) is 24.4 Å². The second-order valence-electron chi connectivity index (χ2n) is 8.68. The number of carbonyl (C=O) groups excluding carboxylic acids is 1. The number of halogens is 1. The number of anilines is 1. The van der Waals surface area contributed by atoms with E-state index >= 15 is 4.39 Å². The van der Waals surface area contributed by atoms with Crippen LogP contribution in [0.4, 0.5) is 15.0 Å². The molecule has 4 aromatic rings. The molecular weight excluding hydrogens is 447 g/mol. The highest BCUT2D eigenvalue weighted by Crippen LogP contribution is 2.38. The zero-order chi connectivity index (χ0) is 24.5. The molecule has 180 valence electrons. The van der Waals surface area contributed by atoms with Gasteiger partial charge in [0.15, 0.2) is 5.65 Å². The minimum atomic E-state index is -0.323. The van der Waals surface area contributed by atoms with Crippen LogP contribution in [0.25, 0.3) is 28.0 Å². The summed E-state index contributed by atoms with van der Waals surface area (Å²) in [4.78, 5) is 30.1. The summed E-state index contributed by atoms with van der Waals surface area (Å²) in [7, 11) is 0. The number of piperazine rings is 1. The fourth-order valence-corrected chi connectivity index (χ4v) is 4.70. The standard InChI is InChI=1S/C26H27FN6O2/c1-4-35-26(34)32-14-17(2)31(13-18(32)3)24-23-20(19-9-5-6-10-21(19)27)15-33(25(23)30-16-29-24)22-11-7-8-12-28-22/h5-12,15-18H,4,13-14H2,1-3H3/t17-,18+/m0/s1. The van der Waals surface area contributed by atoms with Gasteiger partial charge in [0, 0.05) is 48.7 Å². The zero-order valence-corrected chi connectivity index (χ0v) is 19.9. The van der Waals surface area contributed by atoms with Crippen LogP contribution >= 0.6 is 0 Å². The van der Waals surface area contributed by atoms with E-state index in [4.69, 9.17) is 4.74 Å². The van der Waals surface area contributed by atoms with Crippen LogP contribution in [0, 0.1) is 5.82 Å². The highest BCUT2D eigenvalue weighted by atomic mass is 19.1. The molecule has 5 rings (SSSR count). The first-order valence-electron chi connectivity index (χ1n) is 11.7. The summed E-state index contributed by atoms with van der Waals surface area (Å²) >= 11 is 0. The van der Waals surface area contributed by atoms with Crippen molar-refractivity contribution in [3.8, 4) is 16.9 Å². The Morgan fingerprint density at radius 3 is 2.57 bits per heavy atom. The van der Waals surface area contributed by atoms with Crippen molar-refractivity contribution in [3.05, 3.63) is 67.0 Å². The molecule has 0 unspecified atom stereocenters. The van der Waals surface area contributed by atoms with Crippen LogP contribution in [0.5, 0.6) is 0 Å². The molecule has 1 amide bonds. The number of fused-ring (bicyclic) bond motifs is 1. The maximum Gasteiger partial charge on any atom is 0.410 e. The minimum absolute atomic E-state index is 0.0413. The Morgan fingerprint density at radius 1 is 1.03 bits per heavy atom. The van der Waals surface area contributed by atoms with Crippen molar-refractivity contribution in [3.63, 3.8) is 0 Å². The molecule has 1 aliphatic heterocycles. The summed E-state index contributed by atoms with van der Waals surface area (Å²) < 4.78 is 22.1. The average molecular weight is 475 g/mol. The number of carbonyl (C=O) groups is 1. The molecule has 8 nitrogen and oxygen atoms in total. The monoisotopic (exact) mass is 474 g/mol. The van der Waals surface area contributed by atoms with Crippen LogP contribution in [-0.4, -0.2) is 62.3 Å². The first kappa shape index (κ1) is 22.8. The number of benzene rings is 1. The highest BCUT2D eigenvalue weighted by Gasteiger charge is 2.35. The summed E-state index contributed by atoms with van der Waals surface area (Å²) in [6, 6.07) is 12.2. The largest absolute Gasteiger partial charge is 0.450 e. The predicted molar refractivity (Wildman–Crippen MR) is 132 cm³/mol. The smallest absolute Gasteiger partial charge is 0.410 e. The van der Waals surface area contributed by atoms with Gasteiger partial charge in [-0.1, -0.05) is 24.3 Å². The van der Waals surface area contributed by atoms with E-state index in [1.807, 2.05) is 48.9 Å². The lowest BCUT2D eigenvalue weighted by Gasteiger charge is -2.44. The van der Waals surface area contributed by atoms with E-state index in [0.717, 1.165) is 5.39 Å². The topological polar surface area (TPSA) is 76.4 Å². The normalized spacial score (nSPS) is 18.2. The number of pyridine rings is 1. The molecule has 1 saturated heterocycles. The third-order valence-electron chi connectivity index (χ3n) is 6.38. The van der Waals surface area contributed by atoms with Gasteiger partial charge < -0.3 is 14.5 Å². The number of hydrogen-bond donors (Lipinski definition) is 0. The first-order valence-corrected chi connectivity index (χ1v) is 11.7. The van der Waals surface area contributed by atoms with Crippen LogP contribution in [0.3, 0.4) is 0 Å². The second kappa shape index (κ2) is 9.32. The van der Waals surface area contributed by atoms with E-state index in [9.17, 15) is 4.79 Å². The summed E-state index contributed by atoms with van der Waals surface area (Å²) in [6.07, 6.45) is 4.79. The number of ether oxygens (including phenoxy) is 1. The Bertz CT molecular complexity index is 1360. The quantitative estimate of drug-likeness (QED) is 0.428. The van der Waals surface area contributed by atoms with Crippen LogP contribution in [0.15, 0.2) is 61.2 Å². The van der Waals surface area contributed by atoms with E-state index < -0.39 is 0 Å². The Kier molecular flexibility index (Phi) is 6.07. The number of rotatable bonds is 4. The van der Waals surface area contributed by atoms with Gasteiger partial charge in [0.25, 0.3) is 0 Å². The summed E-state index contributed by atoms with van der Waals surface area (Å²) in [5.74, 6) is 1.06. The van der Waals surface area contributed by atoms with Crippen molar-refractivity contribution < 1.29 is 13.9 Å². The van der Waals surface area contributed by atoms with E-state index in [1.54, 1.807) is 30.2 Å². The summed E-state index contributed by atoms with van der Waals surface area (Å²) in [6.45, 7) is 7.21. The summed E-state index contributed by atoms with van der Waals surface area (Å²) in [5, 5.41) is 0.742. The minimum Gasteiger partial charge on any atom is -0.450 e. The third-order valence-corrected chi connectivity index (χ3v) is 6.38. The molecule has 0 N–H and O–H groups in total. The fourth-order valence-electron chi connectivity index (χ4n) is 4.70. The van der Waals surface area contributed by atoms with Gasteiger partial charge in [-0.2, -0.15) is 0 Å². The molecule has 0 saturated carbocycles. The van der Waals surface area contributed by atoms with Crippen LogP contribution in [-0.2, 0) is 4.74 Å². The first-order chi connectivity index (χ1) is 17.0. The number of hydrogen-bond acceptors (Lipinski definition) is 6. The third kappa shape index (κ3) is 4.07. The molecule has 3 aromatic heterocycles. The van der Waals surface area contributed by atoms with Crippen molar-refractivity contribution in [2.75, 3.05) is 24.6 Å². The van der Waals surface area contributed by atoms with Crippen molar-refractivity contribution >= 4 is 22.9 Å². The van der Waals surface area contributed by atoms with Gasteiger partial charge in [0.05, 0.1) is 12.0 Å². The van der Waals surface area contributed by atoms with E-state index in [1.165, 1.54) is 12.4 Å². The van der Waals surface area contributed by atoms with Gasteiger partial charge in [-0.05, 0) is 39.0 Å². The van der Waals surface area contributed by atoms with Crippen LogP contribution < -0.4 is 4.90 Å². The SMILES string of the molecule is CCOC(=O)N1C[C@H](C)N(c2ncnc3c2c(-c2ccccc2F)cn3-c2ccccn2)C[C@H]1C. The van der Waals surface area contributed by atoms with Crippen molar-refractivity contribution in [1.29, 1.82) is 0 Å². The molecule has 4 heterocycles. The fraction of sp³-hybridized carbons (Fsp3) is 0.308. The number of nitrogens with zero attached hydrogens (tertiary/aromatic N) is 6. The zero-order valence-electron chi connectivity index (χ0n) is 19.9. The van der Waals surface area contributed by atoms with E-state index in [2.05, 4.69) is 19.9 Å². The molecule has 9 heteroatoms. The van der Waals surface area contributed by atoms with Crippen LogP contribution in [0.1, 0.15) is 20.8 Å². The van der Waals surface area contributed by atoms with Gasteiger partial charge in [0.2, 0.25) is 0 Å². The molecular formula is C26H27FN6O2. The lowest BCUT2D eigenvalue weighted by molar-refractivity contribution is 0.0829. The molecule has 2 atom stereocenters. The van der Waals surface area contributed by atoms with Gasteiger partial charge in [-0.3, -0.25) is 4.57 Å². The molecule has 1 fully saturated rings. The van der Waals surface area contributed by atoms with E-state index in [-0.39, 0.29) is 24.0 Å². The van der Waals surface area contributed by atoms with Gasteiger partial charge in [-0.15, -0.1) is 0 Å². The van der Waals surface area contributed by atoms with Gasteiger partial charge >= 0.3 is 6.09 Å². The predicted octanol–water partition coefficient (Wildman–Crippen LogP) is 4.68. The maximum atomic E-state index is 15.0. The molecule has 35 heavy (non-hydrogen) atoms. The van der Waals surface area contributed by atoms with E-state index in [0.29, 0.717) is 48.1 Å². The molecule has 0 radical (unpaired) electrons. The number of amides is 1. The van der Waals surface area contributed by atoms with Crippen LogP contribution in [0.2, 0.25) is 0 Å². The second-order valence-corrected chi connectivity index (χ2v) is 8.68. The Labute approximate surface area is 203 Å². The molecule has 0 bridgehead atoms. The Hall–Kier alpha value is -4.01. The average Bonchev–Trinajstić information content (AvgIpc) is 3.26. The maximum absolute atomic E-state index is 15.0. The van der Waals surface area contributed by atoms with Gasteiger partial charge in [0.1, 0.15) is 23.8 Å². The Morgan fingerprint density at radius 2 is 1.83 bits per heavy atom. The highest BCUT2D eigenvalue weighted by molar-refractivity contribution is 6.02. The molecule has 1 aromatic carbocycles. The lowest BCUT2D eigenvalue weighted by atomic mass is 10.0. The molecule has 1 aliphatic rings. The molecule has 0 spiro atoms. The van der Waals surface area contributed by atoms with Crippen molar-refractivity contribution in [2.24, 2.45) is 0 Å². The number of aromatic nitrogens is 4. The molecule has 0 aliphatic carbocycles. The lowest BCUT2D eigenvalue weighted by Crippen LogP contribution is -2.58. The summed E-state index contributed by atoms with van der Waals surface area (Å²) in [5.41, 5.74) is 1.79. The van der Waals surface area contributed by atoms with Crippen molar-refractivity contribution in [2.45, 2.75) is 32.9 Å². The van der Waals surface area contributed by atoms with Gasteiger partial charge in [-0.25, -0.2) is 24.1 Å².